The van der Waals surface area contributed by atoms with Crippen molar-refractivity contribution in [2.45, 2.75) is 20.3 Å². The van der Waals surface area contributed by atoms with Crippen LogP contribution in [0.1, 0.15) is 20.3 Å². The third kappa shape index (κ3) is 4.15. The molecule has 0 bridgehead atoms. The van der Waals surface area contributed by atoms with Crippen molar-refractivity contribution in [3.63, 3.8) is 0 Å². The van der Waals surface area contributed by atoms with Gasteiger partial charge in [0.25, 0.3) is 0 Å². The maximum absolute atomic E-state index is 8.90. The first kappa shape index (κ1) is 13.5. The van der Waals surface area contributed by atoms with Gasteiger partial charge in [-0.05, 0) is 54.4 Å². The minimum absolute atomic E-state index is 0.272. The third-order valence-electron chi connectivity index (χ3n) is 2.30. The molecule has 0 heterocycles. The molecule has 1 N–H and O–H groups in total. The standard InChI is InChI=1S/C12H14Br2N2/c1-12(2,8-15)5-6-16-11-7-9(13)3-4-10(11)14/h3-4,7,16H,5-6H2,1-2H3. The summed E-state index contributed by atoms with van der Waals surface area (Å²) in [6.45, 7) is 4.69. The fourth-order valence-corrected chi connectivity index (χ4v) is 1.95. The van der Waals surface area contributed by atoms with Crippen LogP contribution in [0.25, 0.3) is 0 Å². The molecule has 1 rings (SSSR count). The number of hydrogen-bond acceptors (Lipinski definition) is 2. The summed E-state index contributed by atoms with van der Waals surface area (Å²) in [5.74, 6) is 0. The number of halogens is 2. The molecule has 0 amide bonds. The minimum Gasteiger partial charge on any atom is -0.384 e. The quantitative estimate of drug-likeness (QED) is 0.867. The lowest BCUT2D eigenvalue weighted by atomic mass is 9.91. The van der Waals surface area contributed by atoms with Crippen molar-refractivity contribution < 1.29 is 0 Å². The van der Waals surface area contributed by atoms with Crippen molar-refractivity contribution in [3.8, 4) is 6.07 Å². The van der Waals surface area contributed by atoms with E-state index < -0.39 is 0 Å². The van der Waals surface area contributed by atoms with Gasteiger partial charge in [0, 0.05) is 21.2 Å². The second-order valence-corrected chi connectivity index (χ2v) is 6.07. The molecule has 1 aromatic carbocycles. The smallest absolute Gasteiger partial charge is 0.0684 e. The Bertz CT molecular complexity index is 408. The van der Waals surface area contributed by atoms with Gasteiger partial charge in [-0.25, -0.2) is 0 Å². The summed E-state index contributed by atoms with van der Waals surface area (Å²) >= 11 is 6.91. The molecule has 4 heteroatoms. The minimum atomic E-state index is -0.272. The van der Waals surface area contributed by atoms with E-state index in [2.05, 4.69) is 43.2 Å². The fourth-order valence-electron chi connectivity index (χ4n) is 1.20. The van der Waals surface area contributed by atoms with Crippen LogP contribution in [0.3, 0.4) is 0 Å². The molecule has 16 heavy (non-hydrogen) atoms. The van der Waals surface area contributed by atoms with Gasteiger partial charge in [-0.3, -0.25) is 0 Å². The summed E-state index contributed by atoms with van der Waals surface area (Å²) in [4.78, 5) is 0. The van der Waals surface area contributed by atoms with Gasteiger partial charge in [0.05, 0.1) is 11.5 Å². The van der Waals surface area contributed by atoms with E-state index in [1.54, 1.807) is 0 Å². The molecule has 0 aliphatic carbocycles. The average Bonchev–Trinajstić information content (AvgIpc) is 2.23. The molecular weight excluding hydrogens is 332 g/mol. The number of nitriles is 1. The summed E-state index contributed by atoms with van der Waals surface area (Å²) in [5, 5.41) is 12.2. The second-order valence-electron chi connectivity index (χ2n) is 4.30. The van der Waals surface area contributed by atoms with E-state index in [0.717, 1.165) is 27.6 Å². The van der Waals surface area contributed by atoms with Crippen LogP contribution in [0.15, 0.2) is 27.1 Å². The zero-order valence-corrected chi connectivity index (χ0v) is 12.5. The van der Waals surface area contributed by atoms with Crippen LogP contribution < -0.4 is 5.32 Å². The lowest BCUT2D eigenvalue weighted by Crippen LogP contribution is -2.14. The van der Waals surface area contributed by atoms with E-state index in [1.165, 1.54) is 0 Å². The predicted molar refractivity (Wildman–Crippen MR) is 74.3 cm³/mol. The van der Waals surface area contributed by atoms with Crippen LogP contribution >= 0.6 is 31.9 Å². The average molecular weight is 346 g/mol. The van der Waals surface area contributed by atoms with Crippen molar-refractivity contribution in [3.05, 3.63) is 27.1 Å². The monoisotopic (exact) mass is 344 g/mol. The molecule has 0 radical (unpaired) electrons. The van der Waals surface area contributed by atoms with E-state index in [9.17, 15) is 0 Å². The Labute approximate surface area is 113 Å². The Balaban J connectivity index is 2.56. The Hall–Kier alpha value is -0.530. The Morgan fingerprint density at radius 3 is 2.69 bits per heavy atom. The predicted octanol–water partition coefficient (Wildman–Crippen LogP) is 4.56. The third-order valence-corrected chi connectivity index (χ3v) is 3.48. The largest absolute Gasteiger partial charge is 0.384 e. The normalized spacial score (nSPS) is 10.9. The van der Waals surface area contributed by atoms with Crippen LogP contribution in [-0.2, 0) is 0 Å². The highest BCUT2D eigenvalue weighted by Gasteiger charge is 2.15. The van der Waals surface area contributed by atoms with Gasteiger partial charge in [0.1, 0.15) is 0 Å². The molecule has 0 spiro atoms. The Morgan fingerprint density at radius 2 is 2.06 bits per heavy atom. The molecule has 0 fully saturated rings. The van der Waals surface area contributed by atoms with Crippen LogP contribution in [0, 0.1) is 16.7 Å². The van der Waals surface area contributed by atoms with Crippen molar-refractivity contribution in [2.75, 3.05) is 11.9 Å². The SMILES string of the molecule is CC(C)(C#N)CCNc1cc(Br)ccc1Br. The molecule has 0 aliphatic heterocycles. The van der Waals surface area contributed by atoms with Crippen molar-refractivity contribution in [1.82, 2.24) is 0 Å². The molecule has 0 aromatic heterocycles. The fraction of sp³-hybridized carbons (Fsp3) is 0.417. The molecule has 0 unspecified atom stereocenters. The van der Waals surface area contributed by atoms with Gasteiger partial charge in [0.15, 0.2) is 0 Å². The van der Waals surface area contributed by atoms with E-state index in [1.807, 2.05) is 32.0 Å². The highest BCUT2D eigenvalue weighted by atomic mass is 79.9. The van der Waals surface area contributed by atoms with Crippen LogP contribution in [0.2, 0.25) is 0 Å². The zero-order chi connectivity index (χ0) is 12.2. The maximum Gasteiger partial charge on any atom is 0.0684 e. The lowest BCUT2D eigenvalue weighted by molar-refractivity contribution is 0.466. The summed E-state index contributed by atoms with van der Waals surface area (Å²) in [7, 11) is 0. The number of rotatable bonds is 4. The van der Waals surface area contributed by atoms with Gasteiger partial charge in [-0.15, -0.1) is 0 Å². The summed E-state index contributed by atoms with van der Waals surface area (Å²) < 4.78 is 2.07. The Morgan fingerprint density at radius 1 is 1.38 bits per heavy atom. The van der Waals surface area contributed by atoms with Crippen molar-refractivity contribution >= 4 is 37.5 Å². The molecule has 86 valence electrons. The van der Waals surface area contributed by atoms with Crippen molar-refractivity contribution in [2.24, 2.45) is 5.41 Å². The van der Waals surface area contributed by atoms with Crippen LogP contribution in [0.5, 0.6) is 0 Å². The topological polar surface area (TPSA) is 35.8 Å². The summed E-state index contributed by atoms with van der Waals surface area (Å²) in [6.07, 6.45) is 0.822. The highest BCUT2D eigenvalue weighted by molar-refractivity contribution is 9.11. The number of nitrogens with zero attached hydrogens (tertiary/aromatic N) is 1. The maximum atomic E-state index is 8.90. The van der Waals surface area contributed by atoms with Gasteiger partial charge in [-0.1, -0.05) is 15.9 Å². The van der Waals surface area contributed by atoms with Gasteiger partial charge < -0.3 is 5.32 Å². The number of anilines is 1. The first-order chi connectivity index (χ1) is 7.44. The Kier molecular flexibility index (Phi) is 4.82. The molecule has 0 aliphatic rings. The van der Waals surface area contributed by atoms with Crippen LogP contribution in [-0.4, -0.2) is 6.54 Å². The summed E-state index contributed by atoms with van der Waals surface area (Å²) in [6, 6.07) is 8.28. The number of benzene rings is 1. The van der Waals surface area contributed by atoms with Crippen LogP contribution in [0.4, 0.5) is 5.69 Å². The van der Waals surface area contributed by atoms with E-state index >= 15 is 0 Å². The molecular formula is C12H14Br2N2. The molecule has 0 saturated carbocycles. The van der Waals surface area contributed by atoms with E-state index in [4.69, 9.17) is 5.26 Å². The first-order valence-corrected chi connectivity index (χ1v) is 6.63. The van der Waals surface area contributed by atoms with Gasteiger partial charge in [-0.2, -0.15) is 5.26 Å². The molecule has 1 aromatic rings. The molecule has 0 atom stereocenters. The molecule has 2 nitrogen and oxygen atoms in total. The van der Waals surface area contributed by atoms with Gasteiger partial charge in [0.2, 0.25) is 0 Å². The van der Waals surface area contributed by atoms with E-state index in [-0.39, 0.29) is 5.41 Å². The summed E-state index contributed by atoms with van der Waals surface area (Å²) in [5.41, 5.74) is 0.772. The second kappa shape index (κ2) is 5.70. The number of hydrogen-bond donors (Lipinski definition) is 1. The number of nitrogens with one attached hydrogen (secondary N) is 1. The van der Waals surface area contributed by atoms with Crippen molar-refractivity contribution in [1.29, 1.82) is 5.26 Å². The van der Waals surface area contributed by atoms with E-state index in [0.29, 0.717) is 0 Å². The molecule has 0 saturated heterocycles. The van der Waals surface area contributed by atoms with Gasteiger partial charge >= 0.3 is 0 Å². The first-order valence-electron chi connectivity index (χ1n) is 5.05. The lowest BCUT2D eigenvalue weighted by Gasteiger charge is -2.16. The highest BCUT2D eigenvalue weighted by Crippen LogP contribution is 2.27. The zero-order valence-electron chi connectivity index (χ0n) is 9.35.